The molecule has 0 atom stereocenters. The lowest BCUT2D eigenvalue weighted by Crippen LogP contribution is -2.36. The van der Waals surface area contributed by atoms with Crippen LogP contribution in [0.25, 0.3) is 27.8 Å². The van der Waals surface area contributed by atoms with Crippen molar-refractivity contribution in [3.8, 4) is 16.8 Å². The van der Waals surface area contributed by atoms with Gasteiger partial charge in [0.2, 0.25) is 0 Å². The molecule has 0 spiro atoms. The number of rotatable bonds is 7. The number of anilines is 2. The standard InChI is InChI=1S/C32H37N5O3/c1-4-40-32(38)28-21-27(23-10-12-24(13-11-23)36-16-18-39-19-17-36)29-30(22(2)3)34-37(31(29)33-28)26-9-7-8-25(20-26)35-14-5-6-15-35/h7-13,20-22H,4-6,14-19H2,1-3H3. The zero-order valence-electron chi connectivity index (χ0n) is 23.6. The second-order valence-corrected chi connectivity index (χ2v) is 10.8. The van der Waals surface area contributed by atoms with Crippen molar-refractivity contribution in [1.82, 2.24) is 14.8 Å². The maximum absolute atomic E-state index is 13.0. The highest BCUT2D eigenvalue weighted by atomic mass is 16.5. The van der Waals surface area contributed by atoms with Gasteiger partial charge in [-0.2, -0.15) is 5.10 Å². The van der Waals surface area contributed by atoms with Crippen LogP contribution in [0.4, 0.5) is 11.4 Å². The second-order valence-electron chi connectivity index (χ2n) is 10.8. The fraction of sp³-hybridized carbons (Fsp3) is 0.406. The third-order valence-corrected chi connectivity index (χ3v) is 7.80. The number of morpholine rings is 1. The van der Waals surface area contributed by atoms with E-state index in [1.165, 1.54) is 24.2 Å². The van der Waals surface area contributed by atoms with Crippen LogP contribution in [0, 0.1) is 0 Å². The number of fused-ring (bicyclic) bond motifs is 1. The van der Waals surface area contributed by atoms with Gasteiger partial charge in [-0.15, -0.1) is 0 Å². The Bertz CT molecular complexity index is 1500. The molecule has 4 heterocycles. The third-order valence-electron chi connectivity index (χ3n) is 7.80. The van der Waals surface area contributed by atoms with Crippen LogP contribution >= 0.6 is 0 Å². The quantitative estimate of drug-likeness (QED) is 0.274. The largest absolute Gasteiger partial charge is 0.461 e. The molecule has 2 aliphatic rings. The summed E-state index contributed by atoms with van der Waals surface area (Å²) in [6, 6.07) is 18.9. The number of aromatic nitrogens is 3. The first-order valence-corrected chi connectivity index (χ1v) is 14.4. The Morgan fingerprint density at radius 1 is 0.925 bits per heavy atom. The molecule has 0 radical (unpaired) electrons. The number of esters is 1. The molecule has 208 valence electrons. The van der Waals surface area contributed by atoms with Gasteiger partial charge in [-0.25, -0.2) is 14.5 Å². The normalized spacial score (nSPS) is 15.8. The molecular weight excluding hydrogens is 502 g/mol. The zero-order valence-corrected chi connectivity index (χ0v) is 23.6. The summed E-state index contributed by atoms with van der Waals surface area (Å²) < 4.78 is 12.8. The van der Waals surface area contributed by atoms with Crippen LogP contribution in [-0.2, 0) is 9.47 Å². The Labute approximate surface area is 235 Å². The minimum atomic E-state index is -0.430. The van der Waals surface area contributed by atoms with Crippen molar-refractivity contribution in [2.45, 2.75) is 39.5 Å². The first-order valence-electron chi connectivity index (χ1n) is 14.4. The Kier molecular flexibility index (Phi) is 7.43. The van der Waals surface area contributed by atoms with Crippen molar-refractivity contribution in [1.29, 1.82) is 0 Å². The highest BCUT2D eigenvalue weighted by Gasteiger charge is 2.24. The number of benzene rings is 2. The highest BCUT2D eigenvalue weighted by molar-refractivity contribution is 6.00. The van der Waals surface area contributed by atoms with Gasteiger partial charge in [-0.1, -0.05) is 32.0 Å². The molecule has 0 unspecified atom stereocenters. The number of carbonyl (C=O) groups is 1. The molecule has 0 bridgehead atoms. The average molecular weight is 540 g/mol. The van der Waals surface area contributed by atoms with Gasteiger partial charge in [0.05, 0.1) is 36.6 Å². The van der Waals surface area contributed by atoms with Crippen LogP contribution < -0.4 is 9.80 Å². The van der Waals surface area contributed by atoms with Crippen LogP contribution in [0.15, 0.2) is 54.6 Å². The van der Waals surface area contributed by atoms with Crippen molar-refractivity contribution < 1.29 is 14.3 Å². The topological polar surface area (TPSA) is 72.7 Å². The van der Waals surface area contributed by atoms with Crippen molar-refractivity contribution in [2.24, 2.45) is 0 Å². The molecule has 8 nitrogen and oxygen atoms in total. The maximum atomic E-state index is 13.0. The van der Waals surface area contributed by atoms with E-state index in [2.05, 4.69) is 72.2 Å². The molecule has 2 fully saturated rings. The van der Waals surface area contributed by atoms with Gasteiger partial charge >= 0.3 is 5.97 Å². The van der Waals surface area contributed by atoms with Crippen LogP contribution in [0.2, 0.25) is 0 Å². The Morgan fingerprint density at radius 3 is 2.33 bits per heavy atom. The summed E-state index contributed by atoms with van der Waals surface area (Å²) in [5, 5.41) is 6.08. The summed E-state index contributed by atoms with van der Waals surface area (Å²) in [4.78, 5) is 22.6. The molecule has 0 amide bonds. The van der Waals surface area contributed by atoms with E-state index in [4.69, 9.17) is 19.6 Å². The number of pyridine rings is 1. The maximum Gasteiger partial charge on any atom is 0.357 e. The highest BCUT2D eigenvalue weighted by Crippen LogP contribution is 2.37. The van der Waals surface area contributed by atoms with E-state index in [1.807, 2.05) is 17.7 Å². The van der Waals surface area contributed by atoms with Gasteiger partial charge in [0, 0.05) is 37.6 Å². The monoisotopic (exact) mass is 539 g/mol. The molecule has 0 saturated carbocycles. The van der Waals surface area contributed by atoms with E-state index in [-0.39, 0.29) is 18.2 Å². The summed E-state index contributed by atoms with van der Waals surface area (Å²) >= 11 is 0. The van der Waals surface area contributed by atoms with E-state index in [1.54, 1.807) is 0 Å². The van der Waals surface area contributed by atoms with Gasteiger partial charge in [-0.05, 0) is 73.2 Å². The average Bonchev–Trinajstić information content (AvgIpc) is 3.67. The van der Waals surface area contributed by atoms with Gasteiger partial charge < -0.3 is 19.3 Å². The lowest BCUT2D eigenvalue weighted by atomic mass is 9.97. The lowest BCUT2D eigenvalue weighted by molar-refractivity contribution is 0.0520. The fourth-order valence-corrected chi connectivity index (χ4v) is 5.73. The van der Waals surface area contributed by atoms with Crippen molar-refractivity contribution in [3.05, 3.63) is 66.0 Å². The van der Waals surface area contributed by atoms with Crippen molar-refractivity contribution in [2.75, 3.05) is 55.8 Å². The number of nitrogens with zero attached hydrogens (tertiary/aromatic N) is 5. The molecule has 40 heavy (non-hydrogen) atoms. The van der Waals surface area contributed by atoms with Crippen LogP contribution in [-0.4, -0.2) is 66.7 Å². The lowest BCUT2D eigenvalue weighted by Gasteiger charge is -2.29. The van der Waals surface area contributed by atoms with Crippen LogP contribution in [0.3, 0.4) is 0 Å². The smallest absolute Gasteiger partial charge is 0.357 e. The van der Waals surface area contributed by atoms with Gasteiger partial charge in [-0.3, -0.25) is 0 Å². The molecule has 4 aromatic rings. The minimum Gasteiger partial charge on any atom is -0.461 e. The molecule has 2 saturated heterocycles. The van der Waals surface area contributed by atoms with E-state index in [0.717, 1.165) is 67.3 Å². The molecule has 2 aromatic carbocycles. The molecule has 2 aliphatic heterocycles. The van der Waals surface area contributed by atoms with Crippen LogP contribution in [0.1, 0.15) is 55.7 Å². The van der Waals surface area contributed by atoms with Gasteiger partial charge in [0.15, 0.2) is 11.3 Å². The minimum absolute atomic E-state index is 0.159. The Hall–Kier alpha value is -3.91. The Balaban J connectivity index is 1.52. The summed E-state index contributed by atoms with van der Waals surface area (Å²) in [5.41, 5.74) is 7.15. The second kappa shape index (κ2) is 11.3. The third kappa shape index (κ3) is 5.04. The van der Waals surface area contributed by atoms with E-state index >= 15 is 0 Å². The summed E-state index contributed by atoms with van der Waals surface area (Å²) in [7, 11) is 0. The summed E-state index contributed by atoms with van der Waals surface area (Å²) in [6.07, 6.45) is 2.43. The number of carbonyl (C=O) groups excluding carboxylic acids is 1. The predicted molar refractivity (Wildman–Crippen MR) is 159 cm³/mol. The van der Waals surface area contributed by atoms with E-state index < -0.39 is 5.97 Å². The predicted octanol–water partition coefficient (Wildman–Crippen LogP) is 5.82. The van der Waals surface area contributed by atoms with E-state index in [0.29, 0.717) is 5.65 Å². The first-order chi connectivity index (χ1) is 19.5. The first kappa shape index (κ1) is 26.3. The van der Waals surface area contributed by atoms with Crippen LogP contribution in [0.5, 0.6) is 0 Å². The van der Waals surface area contributed by atoms with Crippen molar-refractivity contribution in [3.63, 3.8) is 0 Å². The molecule has 2 aromatic heterocycles. The van der Waals surface area contributed by atoms with Gasteiger partial charge in [0.25, 0.3) is 0 Å². The van der Waals surface area contributed by atoms with E-state index in [9.17, 15) is 4.79 Å². The summed E-state index contributed by atoms with van der Waals surface area (Å²) in [6.45, 7) is 11.8. The number of hydrogen-bond donors (Lipinski definition) is 0. The molecule has 0 N–H and O–H groups in total. The fourth-order valence-electron chi connectivity index (χ4n) is 5.73. The number of ether oxygens (including phenoxy) is 2. The Morgan fingerprint density at radius 2 is 1.62 bits per heavy atom. The zero-order chi connectivity index (χ0) is 27.6. The summed E-state index contributed by atoms with van der Waals surface area (Å²) in [5.74, 6) is -0.271. The molecule has 6 rings (SSSR count). The number of hydrogen-bond acceptors (Lipinski definition) is 7. The van der Waals surface area contributed by atoms with Gasteiger partial charge in [0.1, 0.15) is 0 Å². The SMILES string of the molecule is CCOC(=O)c1cc(-c2ccc(N3CCOCC3)cc2)c2c(C(C)C)nn(-c3cccc(N4CCCC4)c3)c2n1. The molecule has 8 heteroatoms. The van der Waals surface area contributed by atoms with Crippen molar-refractivity contribution >= 4 is 28.4 Å². The molecular formula is C32H37N5O3. The molecule has 0 aliphatic carbocycles.